The molecular weight excluding hydrogens is 472 g/mol. The fourth-order valence-electron chi connectivity index (χ4n) is 3.92. The Kier molecular flexibility index (Phi) is 10.8. The number of nitrogens with one attached hydrogen (secondary N) is 1. The number of amides is 2. The standard InChI is InChI=1S/C30H35ClN2O3/c1-3-19-32-30(35)28(21-24-10-5-4-6-11-24)33(22-25-12-7-8-13-27(25)31)29(34)14-9-20-36-26-17-15-23(2)16-18-26/h4-8,10-13,15-18,28H,3,9,14,19-22H2,1-2H3,(H,32,35)/t28-/m1/s1. The van der Waals surface area contributed by atoms with Gasteiger partial charge >= 0.3 is 0 Å². The molecule has 0 heterocycles. The van der Waals surface area contributed by atoms with Crippen molar-refractivity contribution >= 4 is 23.4 Å². The van der Waals surface area contributed by atoms with Crippen molar-refractivity contribution in [2.45, 2.75) is 52.1 Å². The summed E-state index contributed by atoms with van der Waals surface area (Å²) in [6, 6.07) is 24.4. The lowest BCUT2D eigenvalue weighted by Gasteiger charge is -2.32. The molecule has 0 aromatic heterocycles. The smallest absolute Gasteiger partial charge is 0.243 e. The van der Waals surface area contributed by atoms with Crippen molar-refractivity contribution in [3.05, 3.63) is 101 Å². The zero-order valence-electron chi connectivity index (χ0n) is 21.1. The minimum absolute atomic E-state index is 0.102. The summed E-state index contributed by atoms with van der Waals surface area (Å²) in [5, 5.41) is 3.57. The van der Waals surface area contributed by atoms with E-state index >= 15 is 0 Å². The van der Waals surface area contributed by atoms with Crippen LogP contribution in [0.25, 0.3) is 0 Å². The minimum atomic E-state index is -0.652. The number of carbonyl (C=O) groups is 2. The van der Waals surface area contributed by atoms with E-state index in [1.54, 1.807) is 11.0 Å². The van der Waals surface area contributed by atoms with Gasteiger partial charge in [0.05, 0.1) is 6.61 Å². The van der Waals surface area contributed by atoms with Crippen LogP contribution in [-0.4, -0.2) is 35.9 Å². The Morgan fingerprint density at radius 2 is 1.67 bits per heavy atom. The third kappa shape index (κ3) is 8.42. The Labute approximate surface area is 219 Å². The van der Waals surface area contributed by atoms with Gasteiger partial charge in [-0.1, -0.05) is 84.8 Å². The van der Waals surface area contributed by atoms with Gasteiger partial charge < -0.3 is 15.0 Å². The molecule has 3 aromatic carbocycles. The molecule has 0 unspecified atom stereocenters. The van der Waals surface area contributed by atoms with Gasteiger partial charge in [-0.25, -0.2) is 0 Å². The Bertz CT molecular complexity index is 1100. The monoisotopic (exact) mass is 506 g/mol. The van der Waals surface area contributed by atoms with Gasteiger partial charge in [-0.3, -0.25) is 9.59 Å². The third-order valence-corrected chi connectivity index (χ3v) is 6.31. The largest absolute Gasteiger partial charge is 0.494 e. The number of benzene rings is 3. The molecule has 190 valence electrons. The molecule has 1 atom stereocenters. The van der Waals surface area contributed by atoms with Crippen LogP contribution in [0.4, 0.5) is 0 Å². The van der Waals surface area contributed by atoms with Crippen LogP contribution in [0.3, 0.4) is 0 Å². The van der Waals surface area contributed by atoms with Crippen LogP contribution < -0.4 is 10.1 Å². The number of rotatable bonds is 13. The fourth-order valence-corrected chi connectivity index (χ4v) is 4.12. The highest BCUT2D eigenvalue weighted by Gasteiger charge is 2.30. The summed E-state index contributed by atoms with van der Waals surface area (Å²) in [7, 11) is 0. The Morgan fingerprint density at radius 1 is 0.972 bits per heavy atom. The molecule has 0 fully saturated rings. The lowest BCUT2D eigenvalue weighted by molar-refractivity contribution is -0.141. The van der Waals surface area contributed by atoms with E-state index in [9.17, 15) is 9.59 Å². The maximum atomic E-state index is 13.6. The quantitative estimate of drug-likeness (QED) is 0.290. The molecule has 3 aromatic rings. The molecule has 0 bridgehead atoms. The molecule has 0 aliphatic rings. The summed E-state index contributed by atoms with van der Waals surface area (Å²) in [4.78, 5) is 28.6. The molecule has 0 radical (unpaired) electrons. The van der Waals surface area contributed by atoms with Gasteiger partial charge in [-0.05, 0) is 49.1 Å². The summed E-state index contributed by atoms with van der Waals surface area (Å²) in [6.45, 7) is 5.27. The topological polar surface area (TPSA) is 58.6 Å². The van der Waals surface area contributed by atoms with Crippen molar-refractivity contribution < 1.29 is 14.3 Å². The summed E-state index contributed by atoms with van der Waals surface area (Å²) >= 11 is 6.45. The van der Waals surface area contributed by atoms with Crippen LogP contribution in [0.2, 0.25) is 5.02 Å². The number of hydrogen-bond donors (Lipinski definition) is 1. The summed E-state index contributed by atoms with van der Waals surface area (Å²) in [5.74, 6) is 0.522. The van der Waals surface area contributed by atoms with E-state index in [1.807, 2.05) is 86.6 Å². The highest BCUT2D eigenvalue weighted by molar-refractivity contribution is 6.31. The number of carbonyl (C=O) groups excluding carboxylic acids is 2. The second kappa shape index (κ2) is 14.3. The molecule has 6 heteroatoms. The Hall–Kier alpha value is -3.31. The van der Waals surface area contributed by atoms with Crippen molar-refractivity contribution in [3.63, 3.8) is 0 Å². The summed E-state index contributed by atoms with van der Waals surface area (Å²) in [6.07, 6.45) is 2.05. The minimum Gasteiger partial charge on any atom is -0.494 e. The number of halogens is 1. The van der Waals surface area contributed by atoms with Crippen LogP contribution in [0.1, 0.15) is 42.9 Å². The molecule has 0 saturated carbocycles. The molecule has 0 aliphatic carbocycles. The van der Waals surface area contributed by atoms with Crippen LogP contribution >= 0.6 is 11.6 Å². The van der Waals surface area contributed by atoms with Gasteiger partial charge in [0.2, 0.25) is 11.8 Å². The van der Waals surface area contributed by atoms with Gasteiger partial charge in [0, 0.05) is 31.0 Å². The predicted molar refractivity (Wildman–Crippen MR) is 145 cm³/mol. The van der Waals surface area contributed by atoms with E-state index in [4.69, 9.17) is 16.3 Å². The van der Waals surface area contributed by atoms with Crippen molar-refractivity contribution in [3.8, 4) is 5.75 Å². The highest BCUT2D eigenvalue weighted by Crippen LogP contribution is 2.21. The Balaban J connectivity index is 1.78. The molecule has 0 aliphatic heterocycles. The van der Waals surface area contributed by atoms with E-state index in [0.29, 0.717) is 31.0 Å². The molecular formula is C30H35ClN2O3. The Morgan fingerprint density at radius 3 is 2.36 bits per heavy atom. The molecule has 0 spiro atoms. The first-order chi connectivity index (χ1) is 17.5. The molecule has 2 amide bonds. The SMILES string of the molecule is CCCNC(=O)[C@@H](Cc1ccccc1)N(Cc1ccccc1Cl)C(=O)CCCOc1ccc(C)cc1. The zero-order valence-corrected chi connectivity index (χ0v) is 21.8. The number of hydrogen-bond acceptors (Lipinski definition) is 3. The maximum Gasteiger partial charge on any atom is 0.243 e. The van der Waals surface area contributed by atoms with Gasteiger partial charge in [0.15, 0.2) is 0 Å². The van der Waals surface area contributed by atoms with Gasteiger partial charge in [-0.2, -0.15) is 0 Å². The first-order valence-corrected chi connectivity index (χ1v) is 12.9. The second-order valence-electron chi connectivity index (χ2n) is 8.87. The molecule has 5 nitrogen and oxygen atoms in total. The van der Waals surface area contributed by atoms with E-state index in [0.717, 1.165) is 23.3 Å². The van der Waals surface area contributed by atoms with E-state index < -0.39 is 6.04 Å². The van der Waals surface area contributed by atoms with Crippen LogP contribution in [-0.2, 0) is 22.6 Å². The van der Waals surface area contributed by atoms with E-state index in [1.165, 1.54) is 5.56 Å². The van der Waals surface area contributed by atoms with Gasteiger partial charge in [0.25, 0.3) is 0 Å². The number of nitrogens with zero attached hydrogens (tertiary/aromatic N) is 1. The maximum absolute atomic E-state index is 13.6. The third-order valence-electron chi connectivity index (χ3n) is 5.94. The highest BCUT2D eigenvalue weighted by atomic mass is 35.5. The number of ether oxygens (including phenoxy) is 1. The molecule has 0 saturated heterocycles. The van der Waals surface area contributed by atoms with Crippen molar-refractivity contribution in [2.75, 3.05) is 13.2 Å². The molecule has 1 N–H and O–H groups in total. The zero-order chi connectivity index (χ0) is 25.8. The predicted octanol–water partition coefficient (Wildman–Crippen LogP) is 5.97. The lowest BCUT2D eigenvalue weighted by atomic mass is 10.0. The first-order valence-electron chi connectivity index (χ1n) is 12.5. The van der Waals surface area contributed by atoms with Crippen LogP contribution in [0.15, 0.2) is 78.9 Å². The van der Waals surface area contributed by atoms with Gasteiger partial charge in [-0.15, -0.1) is 0 Å². The fraction of sp³-hybridized carbons (Fsp3) is 0.333. The van der Waals surface area contributed by atoms with E-state index in [-0.39, 0.29) is 24.8 Å². The first kappa shape index (κ1) is 27.3. The molecule has 36 heavy (non-hydrogen) atoms. The van der Waals surface area contributed by atoms with Crippen molar-refractivity contribution in [2.24, 2.45) is 0 Å². The average molecular weight is 507 g/mol. The van der Waals surface area contributed by atoms with Crippen molar-refractivity contribution in [1.82, 2.24) is 10.2 Å². The number of aryl methyl sites for hydroxylation is 1. The average Bonchev–Trinajstić information content (AvgIpc) is 2.89. The van der Waals surface area contributed by atoms with Crippen LogP contribution in [0.5, 0.6) is 5.75 Å². The normalized spacial score (nSPS) is 11.5. The summed E-state index contributed by atoms with van der Waals surface area (Å²) < 4.78 is 5.81. The second-order valence-corrected chi connectivity index (χ2v) is 9.28. The molecule has 3 rings (SSSR count). The van der Waals surface area contributed by atoms with E-state index in [2.05, 4.69) is 5.32 Å². The van der Waals surface area contributed by atoms with Crippen LogP contribution in [0, 0.1) is 6.92 Å². The lowest BCUT2D eigenvalue weighted by Crippen LogP contribution is -2.50. The van der Waals surface area contributed by atoms with Crippen molar-refractivity contribution in [1.29, 1.82) is 0 Å². The van der Waals surface area contributed by atoms with Gasteiger partial charge in [0.1, 0.15) is 11.8 Å². The summed E-state index contributed by atoms with van der Waals surface area (Å²) in [5.41, 5.74) is 2.97.